The molecule has 5 heteroatoms. The van der Waals surface area contributed by atoms with Gasteiger partial charge in [-0.2, -0.15) is 0 Å². The van der Waals surface area contributed by atoms with Crippen LogP contribution in [0.25, 0.3) is 0 Å². The molecule has 1 heterocycles. The van der Waals surface area contributed by atoms with E-state index in [1.807, 2.05) is 12.1 Å². The molecular weight excluding hydrogens is 316 g/mol. The minimum absolute atomic E-state index is 0.0369. The Hall–Kier alpha value is -1.59. The van der Waals surface area contributed by atoms with Gasteiger partial charge >= 0.3 is 0 Å². The molecule has 2 fully saturated rings. The summed E-state index contributed by atoms with van der Waals surface area (Å²) in [5.41, 5.74) is 1.46. The second-order valence-electron chi connectivity index (χ2n) is 7.71. The van der Waals surface area contributed by atoms with Crippen molar-refractivity contribution in [2.45, 2.75) is 25.8 Å². The fraction of sp³-hybridized carbons (Fsp3) is 0.650. The van der Waals surface area contributed by atoms with Crippen molar-refractivity contribution in [1.29, 1.82) is 0 Å². The first-order chi connectivity index (χ1) is 12.0. The van der Waals surface area contributed by atoms with Crippen LogP contribution in [0, 0.1) is 11.3 Å². The highest BCUT2D eigenvalue weighted by molar-refractivity contribution is 5.76. The Balaban J connectivity index is 1.60. The number of rotatable bonds is 7. The second kappa shape index (κ2) is 7.75. The molecule has 3 rings (SSSR count). The molecular formula is C20H30N2O3. The normalized spacial score (nSPS) is 25.8. The van der Waals surface area contributed by atoms with Gasteiger partial charge < -0.3 is 14.4 Å². The van der Waals surface area contributed by atoms with Crippen molar-refractivity contribution in [3.8, 4) is 5.75 Å². The van der Waals surface area contributed by atoms with Crippen LogP contribution in [0.2, 0.25) is 0 Å². The Morgan fingerprint density at radius 2 is 2.16 bits per heavy atom. The fourth-order valence-electron chi connectivity index (χ4n) is 4.43. The molecule has 5 nitrogen and oxygen atoms in total. The molecule has 0 unspecified atom stereocenters. The molecule has 0 aromatic heterocycles. The lowest BCUT2D eigenvalue weighted by Crippen LogP contribution is -2.34. The van der Waals surface area contributed by atoms with Gasteiger partial charge in [-0.05, 0) is 24.8 Å². The molecule has 138 valence electrons. The lowest BCUT2D eigenvalue weighted by Gasteiger charge is -2.29. The maximum Gasteiger partial charge on any atom is 0.248 e. The van der Waals surface area contributed by atoms with Crippen molar-refractivity contribution in [2.75, 3.05) is 47.5 Å². The lowest BCUT2D eigenvalue weighted by molar-refractivity contribution is -0.135. The maximum absolute atomic E-state index is 11.8. The third kappa shape index (κ3) is 3.98. The first-order valence-electron chi connectivity index (χ1n) is 9.16. The van der Waals surface area contributed by atoms with Crippen molar-refractivity contribution < 1.29 is 14.3 Å². The van der Waals surface area contributed by atoms with Crippen LogP contribution in [0.3, 0.4) is 0 Å². The van der Waals surface area contributed by atoms with Crippen LogP contribution in [0.5, 0.6) is 5.75 Å². The molecule has 1 aliphatic carbocycles. The van der Waals surface area contributed by atoms with E-state index >= 15 is 0 Å². The van der Waals surface area contributed by atoms with Gasteiger partial charge in [0.2, 0.25) is 5.91 Å². The lowest BCUT2D eigenvalue weighted by atomic mass is 9.81. The number of fused-ring (bicyclic) bond motifs is 1. The SMILES string of the molecule is COc1ccccc1CN1C[C@@H]2CCC[C@]2(COCC(=O)N(C)C)C1. The number of ether oxygens (including phenoxy) is 2. The molecule has 2 atom stereocenters. The zero-order chi connectivity index (χ0) is 17.9. The Bertz CT molecular complexity index is 604. The molecule has 1 aromatic carbocycles. The van der Waals surface area contributed by atoms with Gasteiger partial charge in [-0.25, -0.2) is 0 Å². The number of para-hydroxylation sites is 1. The molecule has 0 bridgehead atoms. The average molecular weight is 346 g/mol. The van der Waals surface area contributed by atoms with Gasteiger partial charge in [0, 0.05) is 44.7 Å². The van der Waals surface area contributed by atoms with Crippen LogP contribution < -0.4 is 4.74 Å². The zero-order valence-electron chi connectivity index (χ0n) is 15.7. The van der Waals surface area contributed by atoms with Gasteiger partial charge in [0.25, 0.3) is 0 Å². The van der Waals surface area contributed by atoms with Crippen LogP contribution in [0.15, 0.2) is 24.3 Å². The molecule has 0 spiro atoms. The van der Waals surface area contributed by atoms with E-state index in [9.17, 15) is 4.79 Å². The standard InChI is InChI=1S/C20H30N2O3/c1-21(2)19(23)13-25-15-20-10-6-8-17(20)12-22(14-20)11-16-7-4-5-9-18(16)24-3/h4-5,7,9,17H,6,8,10-15H2,1-3H3/t17-,20+/m0/s1. The van der Waals surface area contributed by atoms with E-state index in [1.165, 1.54) is 24.8 Å². The minimum atomic E-state index is 0.0369. The van der Waals surface area contributed by atoms with Gasteiger partial charge in [0.1, 0.15) is 12.4 Å². The van der Waals surface area contributed by atoms with E-state index < -0.39 is 0 Å². The predicted octanol–water partition coefficient (Wildman–Crippen LogP) is 2.40. The summed E-state index contributed by atoms with van der Waals surface area (Å²) in [6, 6.07) is 8.25. The summed E-state index contributed by atoms with van der Waals surface area (Å²) in [6.07, 6.45) is 3.75. The van der Waals surface area contributed by atoms with E-state index in [0.29, 0.717) is 12.5 Å². The van der Waals surface area contributed by atoms with E-state index in [2.05, 4.69) is 17.0 Å². The topological polar surface area (TPSA) is 42.0 Å². The Labute approximate surface area is 150 Å². The molecule has 2 aliphatic rings. The number of nitrogens with zero attached hydrogens (tertiary/aromatic N) is 2. The van der Waals surface area contributed by atoms with Gasteiger partial charge in [0.15, 0.2) is 0 Å². The van der Waals surface area contributed by atoms with Gasteiger partial charge in [0.05, 0.1) is 13.7 Å². The third-order valence-corrected chi connectivity index (χ3v) is 5.81. The number of hydrogen-bond acceptors (Lipinski definition) is 4. The number of likely N-dealkylation sites (tertiary alicyclic amines) is 1. The Kier molecular flexibility index (Phi) is 5.64. The number of benzene rings is 1. The van der Waals surface area contributed by atoms with Crippen LogP contribution in [-0.2, 0) is 16.1 Å². The highest BCUT2D eigenvalue weighted by atomic mass is 16.5. The second-order valence-corrected chi connectivity index (χ2v) is 7.71. The molecule has 0 N–H and O–H groups in total. The fourth-order valence-corrected chi connectivity index (χ4v) is 4.43. The maximum atomic E-state index is 11.8. The van der Waals surface area contributed by atoms with Crippen LogP contribution in [0.4, 0.5) is 0 Å². The summed E-state index contributed by atoms with van der Waals surface area (Å²) >= 11 is 0. The number of carbonyl (C=O) groups excluding carboxylic acids is 1. The van der Waals surface area contributed by atoms with Gasteiger partial charge in [-0.15, -0.1) is 0 Å². The molecule has 1 aliphatic heterocycles. The molecule has 1 saturated carbocycles. The highest BCUT2D eigenvalue weighted by Crippen LogP contribution is 2.49. The quantitative estimate of drug-likeness (QED) is 0.760. The van der Waals surface area contributed by atoms with Crippen LogP contribution in [-0.4, -0.2) is 63.2 Å². The largest absolute Gasteiger partial charge is 0.496 e. The molecule has 25 heavy (non-hydrogen) atoms. The number of hydrogen-bond donors (Lipinski definition) is 0. The van der Waals surface area contributed by atoms with Crippen molar-refractivity contribution in [3.63, 3.8) is 0 Å². The average Bonchev–Trinajstić information content (AvgIpc) is 3.11. The summed E-state index contributed by atoms with van der Waals surface area (Å²) in [6.45, 7) is 3.96. The van der Waals surface area contributed by atoms with E-state index in [0.717, 1.165) is 25.4 Å². The summed E-state index contributed by atoms with van der Waals surface area (Å²) < 4.78 is 11.3. The summed E-state index contributed by atoms with van der Waals surface area (Å²) in [5, 5.41) is 0. The van der Waals surface area contributed by atoms with Crippen LogP contribution >= 0.6 is 0 Å². The number of likely N-dealkylation sites (N-methyl/N-ethyl adjacent to an activating group) is 1. The molecule has 1 saturated heterocycles. The van der Waals surface area contributed by atoms with E-state index in [-0.39, 0.29) is 17.9 Å². The molecule has 0 radical (unpaired) electrons. The smallest absolute Gasteiger partial charge is 0.248 e. The first-order valence-corrected chi connectivity index (χ1v) is 9.16. The number of methoxy groups -OCH3 is 1. The van der Waals surface area contributed by atoms with E-state index in [1.54, 1.807) is 26.1 Å². The number of carbonyl (C=O) groups is 1. The van der Waals surface area contributed by atoms with Crippen molar-refractivity contribution in [1.82, 2.24) is 9.80 Å². The van der Waals surface area contributed by atoms with Gasteiger partial charge in [-0.1, -0.05) is 24.6 Å². The number of amides is 1. The molecule has 1 aromatic rings. The van der Waals surface area contributed by atoms with Gasteiger partial charge in [-0.3, -0.25) is 9.69 Å². The first kappa shape index (κ1) is 18.2. The zero-order valence-corrected chi connectivity index (χ0v) is 15.7. The van der Waals surface area contributed by atoms with Crippen LogP contribution in [0.1, 0.15) is 24.8 Å². The van der Waals surface area contributed by atoms with E-state index in [4.69, 9.17) is 9.47 Å². The summed E-state index contributed by atoms with van der Waals surface area (Å²) in [4.78, 5) is 15.9. The Morgan fingerprint density at radius 3 is 2.92 bits per heavy atom. The van der Waals surface area contributed by atoms with Crippen molar-refractivity contribution in [3.05, 3.63) is 29.8 Å². The summed E-state index contributed by atoms with van der Waals surface area (Å²) in [5.74, 6) is 1.67. The minimum Gasteiger partial charge on any atom is -0.496 e. The monoisotopic (exact) mass is 346 g/mol. The highest BCUT2D eigenvalue weighted by Gasteiger charge is 2.49. The molecule has 1 amide bonds. The third-order valence-electron chi connectivity index (χ3n) is 5.81. The van der Waals surface area contributed by atoms with Crippen molar-refractivity contribution in [2.24, 2.45) is 11.3 Å². The Morgan fingerprint density at radius 1 is 1.36 bits per heavy atom. The van der Waals surface area contributed by atoms with Crippen molar-refractivity contribution >= 4 is 5.91 Å². The predicted molar refractivity (Wildman–Crippen MR) is 97.6 cm³/mol. The summed E-state index contributed by atoms with van der Waals surface area (Å²) in [7, 11) is 5.27.